The van der Waals surface area contributed by atoms with Crippen molar-refractivity contribution in [2.24, 2.45) is 11.8 Å². The highest BCUT2D eigenvalue weighted by atomic mass is 16.3. The van der Waals surface area contributed by atoms with Gasteiger partial charge in [-0.3, -0.25) is 0 Å². The van der Waals surface area contributed by atoms with Crippen LogP contribution in [0.4, 0.5) is 0 Å². The molecule has 0 aromatic carbocycles. The van der Waals surface area contributed by atoms with E-state index in [1.807, 2.05) is 0 Å². The van der Waals surface area contributed by atoms with Gasteiger partial charge in [0.1, 0.15) is 0 Å². The standard InChI is InChI=1S/C16H31NO/c1-14-6-5-7-15(12-14)8-11-17-13-16(18)9-3-2-4-10-16/h14-15,17-18H,2-13H2,1H3. The quantitative estimate of drug-likeness (QED) is 0.735. The summed E-state index contributed by atoms with van der Waals surface area (Å²) in [4.78, 5) is 0. The number of aliphatic hydroxyl groups is 1. The Balaban J connectivity index is 1.57. The number of hydrogen-bond acceptors (Lipinski definition) is 2. The van der Waals surface area contributed by atoms with E-state index in [0.29, 0.717) is 0 Å². The van der Waals surface area contributed by atoms with Crippen LogP contribution in [0, 0.1) is 11.8 Å². The summed E-state index contributed by atoms with van der Waals surface area (Å²) < 4.78 is 0. The highest BCUT2D eigenvalue weighted by molar-refractivity contribution is 4.84. The highest BCUT2D eigenvalue weighted by Gasteiger charge is 2.28. The molecule has 0 aliphatic heterocycles. The lowest BCUT2D eigenvalue weighted by molar-refractivity contribution is 0.00472. The molecule has 0 aromatic heterocycles. The normalized spacial score (nSPS) is 32.3. The van der Waals surface area contributed by atoms with Crippen LogP contribution in [0.2, 0.25) is 0 Å². The summed E-state index contributed by atoms with van der Waals surface area (Å²) in [5.74, 6) is 1.87. The Bertz CT molecular complexity index is 235. The predicted molar refractivity (Wildman–Crippen MR) is 76.6 cm³/mol. The van der Waals surface area contributed by atoms with Crippen LogP contribution in [0.3, 0.4) is 0 Å². The molecule has 0 radical (unpaired) electrons. The molecule has 0 aromatic rings. The molecule has 0 amide bonds. The lowest BCUT2D eigenvalue weighted by atomic mass is 9.81. The molecule has 2 atom stereocenters. The van der Waals surface area contributed by atoms with Crippen molar-refractivity contribution >= 4 is 0 Å². The molecule has 0 bridgehead atoms. The Morgan fingerprint density at radius 2 is 1.89 bits per heavy atom. The van der Waals surface area contributed by atoms with Gasteiger partial charge in [0.2, 0.25) is 0 Å². The van der Waals surface area contributed by atoms with Gasteiger partial charge in [0, 0.05) is 6.54 Å². The van der Waals surface area contributed by atoms with Gasteiger partial charge in [0.15, 0.2) is 0 Å². The molecule has 106 valence electrons. The second-order valence-corrected chi connectivity index (χ2v) is 6.89. The molecule has 2 N–H and O–H groups in total. The van der Waals surface area contributed by atoms with Gasteiger partial charge in [-0.25, -0.2) is 0 Å². The van der Waals surface area contributed by atoms with Gasteiger partial charge < -0.3 is 10.4 Å². The zero-order valence-electron chi connectivity index (χ0n) is 12.1. The minimum absolute atomic E-state index is 0.391. The number of nitrogens with one attached hydrogen (secondary N) is 1. The molecule has 2 rings (SSSR count). The predicted octanol–water partition coefficient (Wildman–Crippen LogP) is 3.49. The van der Waals surface area contributed by atoms with Crippen LogP contribution in [0.15, 0.2) is 0 Å². The van der Waals surface area contributed by atoms with Crippen molar-refractivity contribution in [3.63, 3.8) is 0 Å². The number of rotatable bonds is 5. The maximum Gasteiger partial charge on any atom is 0.0771 e. The van der Waals surface area contributed by atoms with Crippen LogP contribution < -0.4 is 5.32 Å². The molecule has 2 unspecified atom stereocenters. The van der Waals surface area contributed by atoms with Crippen LogP contribution in [0.5, 0.6) is 0 Å². The summed E-state index contributed by atoms with van der Waals surface area (Å²) in [7, 11) is 0. The maximum absolute atomic E-state index is 10.4. The van der Waals surface area contributed by atoms with E-state index in [0.717, 1.165) is 37.8 Å². The van der Waals surface area contributed by atoms with E-state index in [4.69, 9.17) is 0 Å². The van der Waals surface area contributed by atoms with Gasteiger partial charge in [0.05, 0.1) is 5.60 Å². The molecular formula is C16H31NO. The Hall–Kier alpha value is -0.0800. The van der Waals surface area contributed by atoms with Gasteiger partial charge in [-0.1, -0.05) is 45.4 Å². The monoisotopic (exact) mass is 253 g/mol. The van der Waals surface area contributed by atoms with E-state index in [2.05, 4.69) is 12.2 Å². The average Bonchev–Trinajstić information content (AvgIpc) is 2.36. The molecule has 0 heterocycles. The summed E-state index contributed by atoms with van der Waals surface area (Å²) in [5.41, 5.74) is -0.391. The van der Waals surface area contributed by atoms with Crippen molar-refractivity contribution in [3.8, 4) is 0 Å². The fourth-order valence-corrected chi connectivity index (χ4v) is 3.84. The van der Waals surface area contributed by atoms with Gasteiger partial charge in [0.25, 0.3) is 0 Å². The average molecular weight is 253 g/mol. The first-order valence-electron chi connectivity index (χ1n) is 8.11. The molecule has 2 saturated carbocycles. The van der Waals surface area contributed by atoms with Crippen molar-refractivity contribution < 1.29 is 5.11 Å². The van der Waals surface area contributed by atoms with Gasteiger partial charge in [-0.05, 0) is 44.1 Å². The fourth-order valence-electron chi connectivity index (χ4n) is 3.84. The molecule has 2 fully saturated rings. The van der Waals surface area contributed by atoms with Gasteiger partial charge >= 0.3 is 0 Å². The van der Waals surface area contributed by atoms with Gasteiger partial charge in [-0.15, -0.1) is 0 Å². The lowest BCUT2D eigenvalue weighted by Crippen LogP contribution is -2.42. The van der Waals surface area contributed by atoms with E-state index < -0.39 is 5.60 Å². The van der Waals surface area contributed by atoms with Crippen molar-refractivity contribution in [2.75, 3.05) is 13.1 Å². The summed E-state index contributed by atoms with van der Waals surface area (Å²) >= 11 is 0. The van der Waals surface area contributed by atoms with E-state index in [9.17, 15) is 5.11 Å². The van der Waals surface area contributed by atoms with Gasteiger partial charge in [-0.2, -0.15) is 0 Å². The van der Waals surface area contributed by atoms with E-state index >= 15 is 0 Å². The smallest absolute Gasteiger partial charge is 0.0771 e. The van der Waals surface area contributed by atoms with Crippen LogP contribution in [0.1, 0.15) is 71.1 Å². The van der Waals surface area contributed by atoms with E-state index in [-0.39, 0.29) is 0 Å². The first kappa shape index (κ1) is 14.3. The Morgan fingerprint density at radius 1 is 1.11 bits per heavy atom. The maximum atomic E-state index is 10.4. The molecule has 18 heavy (non-hydrogen) atoms. The molecule has 2 aliphatic rings. The van der Waals surface area contributed by atoms with Crippen molar-refractivity contribution in [1.29, 1.82) is 0 Å². The third kappa shape index (κ3) is 4.55. The third-order valence-electron chi connectivity index (χ3n) is 5.01. The van der Waals surface area contributed by atoms with E-state index in [1.54, 1.807) is 0 Å². The molecule has 2 aliphatic carbocycles. The van der Waals surface area contributed by atoms with Crippen LogP contribution in [-0.4, -0.2) is 23.8 Å². The van der Waals surface area contributed by atoms with E-state index in [1.165, 1.54) is 51.4 Å². The summed E-state index contributed by atoms with van der Waals surface area (Å²) in [5, 5.41) is 13.9. The van der Waals surface area contributed by atoms with Crippen molar-refractivity contribution in [1.82, 2.24) is 5.32 Å². The summed E-state index contributed by atoms with van der Waals surface area (Å²) in [6.45, 7) is 4.30. The Morgan fingerprint density at radius 3 is 2.61 bits per heavy atom. The molecule has 2 nitrogen and oxygen atoms in total. The minimum Gasteiger partial charge on any atom is -0.389 e. The van der Waals surface area contributed by atoms with Crippen LogP contribution in [0.25, 0.3) is 0 Å². The van der Waals surface area contributed by atoms with Crippen LogP contribution >= 0.6 is 0 Å². The SMILES string of the molecule is CC1CCCC(CCNCC2(O)CCCCC2)C1. The Kier molecular flexibility index (Phi) is 5.50. The topological polar surface area (TPSA) is 32.3 Å². The minimum atomic E-state index is -0.391. The zero-order valence-corrected chi connectivity index (χ0v) is 12.1. The fraction of sp³-hybridized carbons (Fsp3) is 1.00. The second kappa shape index (κ2) is 6.91. The second-order valence-electron chi connectivity index (χ2n) is 6.89. The molecular weight excluding hydrogens is 222 g/mol. The van der Waals surface area contributed by atoms with Crippen molar-refractivity contribution in [3.05, 3.63) is 0 Å². The largest absolute Gasteiger partial charge is 0.389 e. The molecule has 0 saturated heterocycles. The Labute approximate surface area is 113 Å². The first-order chi connectivity index (χ1) is 8.68. The lowest BCUT2D eigenvalue weighted by Gasteiger charge is -2.33. The van der Waals surface area contributed by atoms with Crippen molar-refractivity contribution in [2.45, 2.75) is 76.7 Å². The van der Waals surface area contributed by atoms with Crippen LogP contribution in [-0.2, 0) is 0 Å². The summed E-state index contributed by atoms with van der Waals surface area (Å²) in [6, 6.07) is 0. The number of hydrogen-bond donors (Lipinski definition) is 2. The molecule has 0 spiro atoms. The summed E-state index contributed by atoms with van der Waals surface area (Å²) in [6.07, 6.45) is 12.7. The third-order valence-corrected chi connectivity index (χ3v) is 5.01. The highest BCUT2D eigenvalue weighted by Crippen LogP contribution is 2.30. The zero-order chi connectivity index (χ0) is 12.8. The molecule has 2 heteroatoms. The first-order valence-corrected chi connectivity index (χ1v) is 8.11.